The molecule has 1 atom stereocenters. The summed E-state index contributed by atoms with van der Waals surface area (Å²) in [5, 5.41) is 5.66. The summed E-state index contributed by atoms with van der Waals surface area (Å²) in [6, 6.07) is 16.5. The van der Waals surface area contributed by atoms with Crippen molar-refractivity contribution in [3.63, 3.8) is 0 Å². The molecule has 0 fully saturated rings. The normalized spacial score (nSPS) is 16.9. The lowest BCUT2D eigenvalue weighted by atomic mass is 9.90. The molecule has 25 heavy (non-hydrogen) atoms. The van der Waals surface area contributed by atoms with E-state index in [1.807, 2.05) is 73.6 Å². The van der Waals surface area contributed by atoms with E-state index >= 15 is 0 Å². The Hall–Kier alpha value is -3.08. The number of Topliss-reactive ketones (excluding diaryl/α,β-unsaturated/α-hetero) is 1. The molecular formula is C20H21N3O2. The molecule has 0 aromatic heterocycles. The number of ketones is 1. The molecule has 1 aliphatic rings. The van der Waals surface area contributed by atoms with Crippen LogP contribution in [0.4, 0.5) is 10.5 Å². The van der Waals surface area contributed by atoms with E-state index < -0.39 is 6.04 Å². The summed E-state index contributed by atoms with van der Waals surface area (Å²) in [5.41, 5.74) is 3.87. The number of carbonyl (C=O) groups is 2. The van der Waals surface area contributed by atoms with Gasteiger partial charge >= 0.3 is 6.03 Å². The van der Waals surface area contributed by atoms with Crippen LogP contribution in [0.25, 0.3) is 5.70 Å². The largest absolute Gasteiger partial charge is 0.378 e. The molecule has 5 heteroatoms. The summed E-state index contributed by atoms with van der Waals surface area (Å²) < 4.78 is 0. The van der Waals surface area contributed by atoms with Gasteiger partial charge in [0.15, 0.2) is 5.78 Å². The van der Waals surface area contributed by atoms with E-state index in [0.29, 0.717) is 11.3 Å². The molecule has 0 radical (unpaired) electrons. The zero-order valence-corrected chi connectivity index (χ0v) is 14.5. The quantitative estimate of drug-likeness (QED) is 0.902. The van der Waals surface area contributed by atoms with E-state index in [1.54, 1.807) is 0 Å². The highest BCUT2D eigenvalue weighted by Crippen LogP contribution is 2.32. The Morgan fingerprint density at radius 2 is 1.64 bits per heavy atom. The van der Waals surface area contributed by atoms with Crippen molar-refractivity contribution >= 4 is 23.2 Å². The molecule has 0 saturated heterocycles. The van der Waals surface area contributed by atoms with Gasteiger partial charge in [-0.3, -0.25) is 4.79 Å². The summed E-state index contributed by atoms with van der Waals surface area (Å²) in [4.78, 5) is 26.6. The number of benzene rings is 2. The first-order valence-corrected chi connectivity index (χ1v) is 8.12. The molecule has 2 amide bonds. The third-order valence-corrected chi connectivity index (χ3v) is 4.26. The Balaban J connectivity index is 2.10. The van der Waals surface area contributed by atoms with Crippen molar-refractivity contribution < 1.29 is 9.59 Å². The van der Waals surface area contributed by atoms with Crippen LogP contribution >= 0.6 is 0 Å². The van der Waals surface area contributed by atoms with Crippen molar-refractivity contribution in [3.05, 3.63) is 71.3 Å². The van der Waals surface area contributed by atoms with Gasteiger partial charge in [0.1, 0.15) is 0 Å². The first-order chi connectivity index (χ1) is 12.0. The third kappa shape index (κ3) is 3.40. The molecule has 5 nitrogen and oxygen atoms in total. The van der Waals surface area contributed by atoms with Gasteiger partial charge in [-0.15, -0.1) is 0 Å². The highest BCUT2D eigenvalue weighted by atomic mass is 16.2. The van der Waals surface area contributed by atoms with E-state index in [-0.39, 0.29) is 11.8 Å². The van der Waals surface area contributed by atoms with Gasteiger partial charge in [-0.1, -0.05) is 42.5 Å². The maximum atomic E-state index is 12.4. The highest BCUT2D eigenvalue weighted by Gasteiger charge is 2.31. The van der Waals surface area contributed by atoms with Crippen LogP contribution in [0.5, 0.6) is 0 Å². The summed E-state index contributed by atoms with van der Waals surface area (Å²) in [6.45, 7) is 1.53. The molecule has 3 rings (SSSR count). The Labute approximate surface area is 147 Å². The molecule has 0 unspecified atom stereocenters. The number of amides is 2. The lowest BCUT2D eigenvalue weighted by Crippen LogP contribution is -2.44. The van der Waals surface area contributed by atoms with E-state index in [1.165, 1.54) is 6.92 Å². The molecule has 128 valence electrons. The van der Waals surface area contributed by atoms with Gasteiger partial charge in [0.2, 0.25) is 0 Å². The molecule has 0 spiro atoms. The summed E-state index contributed by atoms with van der Waals surface area (Å²) in [7, 11) is 3.94. The smallest absolute Gasteiger partial charge is 0.320 e. The highest BCUT2D eigenvalue weighted by molar-refractivity contribution is 6.06. The first-order valence-electron chi connectivity index (χ1n) is 8.12. The van der Waals surface area contributed by atoms with Crippen LogP contribution in [0.2, 0.25) is 0 Å². The van der Waals surface area contributed by atoms with Gasteiger partial charge in [-0.05, 0) is 30.2 Å². The minimum atomic E-state index is -0.474. The van der Waals surface area contributed by atoms with Crippen molar-refractivity contribution in [2.45, 2.75) is 13.0 Å². The Morgan fingerprint density at radius 3 is 2.20 bits per heavy atom. The predicted octanol–water partition coefficient (Wildman–Crippen LogP) is 3.11. The number of urea groups is 1. The van der Waals surface area contributed by atoms with Crippen molar-refractivity contribution in [1.82, 2.24) is 10.6 Å². The fourth-order valence-electron chi connectivity index (χ4n) is 2.99. The van der Waals surface area contributed by atoms with E-state index in [4.69, 9.17) is 0 Å². The summed E-state index contributed by atoms with van der Waals surface area (Å²) in [6.07, 6.45) is 0. The summed E-state index contributed by atoms with van der Waals surface area (Å²) >= 11 is 0. The standard InChI is InChI=1S/C20H21N3O2/c1-13(24)17-18(14-7-5-4-6-8-14)21-20(25)22-19(17)15-9-11-16(12-10-15)23(2)3/h4-12,19H,1-3H3,(H2,21,22,25)/t19-/m0/s1. The monoisotopic (exact) mass is 335 g/mol. The average Bonchev–Trinajstić information content (AvgIpc) is 2.61. The average molecular weight is 335 g/mol. The first kappa shape index (κ1) is 16.8. The van der Waals surface area contributed by atoms with Crippen LogP contribution in [0.3, 0.4) is 0 Å². The number of hydrogen-bond donors (Lipinski definition) is 2. The second-order valence-electron chi connectivity index (χ2n) is 6.23. The van der Waals surface area contributed by atoms with Crippen LogP contribution in [0.15, 0.2) is 60.2 Å². The van der Waals surface area contributed by atoms with Crippen molar-refractivity contribution in [1.29, 1.82) is 0 Å². The fraction of sp³-hybridized carbons (Fsp3) is 0.200. The molecular weight excluding hydrogens is 314 g/mol. The van der Waals surface area contributed by atoms with E-state index in [0.717, 1.165) is 16.8 Å². The second-order valence-corrected chi connectivity index (χ2v) is 6.23. The van der Waals surface area contributed by atoms with Crippen LogP contribution in [0, 0.1) is 0 Å². The van der Waals surface area contributed by atoms with Gasteiger partial charge in [-0.2, -0.15) is 0 Å². The minimum Gasteiger partial charge on any atom is -0.378 e. The number of carbonyl (C=O) groups excluding carboxylic acids is 2. The summed E-state index contributed by atoms with van der Waals surface area (Å²) in [5.74, 6) is -0.0759. The fourth-order valence-corrected chi connectivity index (χ4v) is 2.99. The van der Waals surface area contributed by atoms with E-state index in [2.05, 4.69) is 10.6 Å². The van der Waals surface area contributed by atoms with Gasteiger partial charge in [0.25, 0.3) is 0 Å². The molecule has 1 heterocycles. The Morgan fingerprint density at radius 1 is 1.00 bits per heavy atom. The molecule has 1 aliphatic heterocycles. The Kier molecular flexibility index (Phi) is 4.57. The van der Waals surface area contributed by atoms with Gasteiger partial charge in [0.05, 0.1) is 11.7 Å². The number of rotatable bonds is 4. The lowest BCUT2D eigenvalue weighted by molar-refractivity contribution is -0.113. The Bertz CT molecular complexity index is 824. The van der Waals surface area contributed by atoms with Gasteiger partial charge in [0, 0.05) is 25.4 Å². The second kappa shape index (κ2) is 6.81. The topological polar surface area (TPSA) is 61.4 Å². The zero-order chi connectivity index (χ0) is 18.0. The van der Waals surface area contributed by atoms with Crippen molar-refractivity contribution in [2.75, 3.05) is 19.0 Å². The van der Waals surface area contributed by atoms with E-state index in [9.17, 15) is 9.59 Å². The maximum absolute atomic E-state index is 12.4. The van der Waals surface area contributed by atoms with Crippen LogP contribution in [-0.4, -0.2) is 25.9 Å². The lowest BCUT2D eigenvalue weighted by Gasteiger charge is -2.29. The number of nitrogens with one attached hydrogen (secondary N) is 2. The minimum absolute atomic E-state index is 0.0759. The maximum Gasteiger partial charge on any atom is 0.320 e. The van der Waals surface area contributed by atoms with Crippen molar-refractivity contribution in [3.8, 4) is 0 Å². The van der Waals surface area contributed by atoms with Crippen LogP contribution < -0.4 is 15.5 Å². The molecule has 2 N–H and O–H groups in total. The predicted molar refractivity (Wildman–Crippen MR) is 99.2 cm³/mol. The number of anilines is 1. The third-order valence-electron chi connectivity index (χ3n) is 4.26. The molecule has 0 saturated carbocycles. The van der Waals surface area contributed by atoms with Gasteiger partial charge in [-0.25, -0.2) is 4.79 Å². The molecule has 2 aromatic carbocycles. The SMILES string of the molecule is CC(=O)C1=C(c2ccccc2)NC(=O)N[C@H]1c1ccc(N(C)C)cc1. The molecule has 0 bridgehead atoms. The van der Waals surface area contributed by atoms with Crippen molar-refractivity contribution in [2.24, 2.45) is 0 Å². The number of hydrogen-bond acceptors (Lipinski definition) is 3. The number of nitrogens with zero attached hydrogens (tertiary/aromatic N) is 1. The zero-order valence-electron chi connectivity index (χ0n) is 14.5. The van der Waals surface area contributed by atoms with Crippen LogP contribution in [0.1, 0.15) is 24.1 Å². The molecule has 0 aliphatic carbocycles. The van der Waals surface area contributed by atoms with Crippen LogP contribution in [-0.2, 0) is 4.79 Å². The molecule has 2 aromatic rings. The van der Waals surface area contributed by atoms with Gasteiger partial charge < -0.3 is 15.5 Å².